The number of Topliss-reactive ketones (excluding diaryl/α,β-unsaturated/α-hetero) is 2. The van der Waals surface area contributed by atoms with Gasteiger partial charge >= 0.3 is 6.03 Å². The highest BCUT2D eigenvalue weighted by Gasteiger charge is 2.21. The van der Waals surface area contributed by atoms with Crippen molar-refractivity contribution in [2.75, 3.05) is 13.1 Å². The molecule has 0 spiro atoms. The van der Waals surface area contributed by atoms with Gasteiger partial charge in [0.2, 0.25) is 0 Å². The van der Waals surface area contributed by atoms with E-state index in [-0.39, 0.29) is 36.5 Å². The van der Waals surface area contributed by atoms with Gasteiger partial charge in [0.15, 0.2) is 0 Å². The van der Waals surface area contributed by atoms with E-state index < -0.39 is 0 Å². The van der Waals surface area contributed by atoms with Crippen LogP contribution in [0, 0.1) is 5.92 Å². The van der Waals surface area contributed by atoms with Crippen LogP contribution in [-0.4, -0.2) is 30.7 Å². The molecule has 5 nitrogen and oxygen atoms in total. The number of rotatable bonds is 2. The number of hydrogen-bond acceptors (Lipinski definition) is 3. The van der Waals surface area contributed by atoms with Crippen LogP contribution in [0.4, 0.5) is 4.79 Å². The van der Waals surface area contributed by atoms with E-state index in [9.17, 15) is 14.4 Å². The summed E-state index contributed by atoms with van der Waals surface area (Å²) >= 11 is 0. The third-order valence-electron chi connectivity index (χ3n) is 2.38. The lowest BCUT2D eigenvalue weighted by atomic mass is 9.95. The van der Waals surface area contributed by atoms with Crippen LogP contribution in [0.3, 0.4) is 0 Å². The summed E-state index contributed by atoms with van der Waals surface area (Å²) in [5.74, 6) is -0.310. The number of nitrogens with one attached hydrogen (secondary N) is 2. The van der Waals surface area contributed by atoms with E-state index in [1.807, 2.05) is 0 Å². The molecule has 1 unspecified atom stereocenters. The van der Waals surface area contributed by atoms with Crippen molar-refractivity contribution in [3.8, 4) is 0 Å². The van der Waals surface area contributed by atoms with Gasteiger partial charge in [0, 0.05) is 31.8 Å². The van der Waals surface area contributed by atoms with E-state index in [1.165, 1.54) is 6.92 Å². The molecule has 2 amide bonds. The highest BCUT2D eigenvalue weighted by atomic mass is 16.2. The fraction of sp³-hybridized carbons (Fsp3) is 0.700. The summed E-state index contributed by atoms with van der Waals surface area (Å²) in [5, 5.41) is 5.22. The molecule has 1 aliphatic heterocycles. The van der Waals surface area contributed by atoms with Gasteiger partial charge in [-0.1, -0.05) is 0 Å². The zero-order valence-corrected chi connectivity index (χ0v) is 8.84. The first kappa shape index (κ1) is 11.7. The second-order valence-corrected chi connectivity index (χ2v) is 3.81. The summed E-state index contributed by atoms with van der Waals surface area (Å²) in [4.78, 5) is 33.7. The molecule has 1 atom stereocenters. The number of carbonyl (C=O) groups is 3. The van der Waals surface area contributed by atoms with Gasteiger partial charge in [-0.15, -0.1) is 0 Å². The number of hydrogen-bond donors (Lipinski definition) is 2. The predicted molar refractivity (Wildman–Crippen MR) is 54.4 cm³/mol. The van der Waals surface area contributed by atoms with E-state index in [2.05, 4.69) is 10.6 Å². The maximum absolute atomic E-state index is 11.6. The zero-order chi connectivity index (χ0) is 11.3. The smallest absolute Gasteiger partial charge is 0.314 e. The highest BCUT2D eigenvalue weighted by Crippen LogP contribution is 2.09. The quantitative estimate of drug-likeness (QED) is 0.688. The first-order valence-electron chi connectivity index (χ1n) is 5.13. The zero-order valence-electron chi connectivity index (χ0n) is 8.84. The first-order valence-corrected chi connectivity index (χ1v) is 5.13. The monoisotopic (exact) mass is 212 g/mol. The summed E-state index contributed by atoms with van der Waals surface area (Å²) < 4.78 is 0. The summed E-state index contributed by atoms with van der Waals surface area (Å²) in [6.45, 7) is 2.22. The minimum atomic E-state index is -0.355. The van der Waals surface area contributed by atoms with E-state index >= 15 is 0 Å². The fourth-order valence-electron chi connectivity index (χ4n) is 1.59. The topological polar surface area (TPSA) is 75.3 Å². The van der Waals surface area contributed by atoms with Crippen LogP contribution in [0.1, 0.15) is 26.2 Å². The standard InChI is InChI=1S/C10H16N2O3/c1-7(13)5-8-6-12-10(15)11-4-2-3-9(8)14/h8H,2-6H2,1H3,(H2,11,12,15). The molecule has 0 aliphatic carbocycles. The summed E-state index contributed by atoms with van der Waals surface area (Å²) in [6.07, 6.45) is 1.29. The maximum atomic E-state index is 11.6. The molecule has 2 N–H and O–H groups in total. The molecule has 5 heteroatoms. The molecule has 0 radical (unpaired) electrons. The second kappa shape index (κ2) is 5.48. The van der Waals surface area contributed by atoms with Crippen LogP contribution in [0.2, 0.25) is 0 Å². The normalized spacial score (nSPS) is 23.1. The lowest BCUT2D eigenvalue weighted by Gasteiger charge is -2.12. The molecule has 1 heterocycles. The molecule has 0 aromatic rings. The molecule has 0 aromatic carbocycles. The summed E-state index contributed by atoms with van der Waals surface area (Å²) in [6, 6.07) is -0.266. The first-order chi connectivity index (χ1) is 7.09. The molecule has 1 aliphatic rings. The molecular weight excluding hydrogens is 196 g/mol. The van der Waals surface area contributed by atoms with Gasteiger partial charge in [0.05, 0.1) is 0 Å². The molecule has 84 valence electrons. The second-order valence-electron chi connectivity index (χ2n) is 3.81. The lowest BCUT2D eigenvalue weighted by Crippen LogP contribution is -2.38. The molecule has 0 saturated carbocycles. The highest BCUT2D eigenvalue weighted by molar-refractivity contribution is 5.88. The summed E-state index contributed by atoms with van der Waals surface area (Å²) in [5.41, 5.74) is 0. The Morgan fingerprint density at radius 2 is 2.13 bits per heavy atom. The molecule has 1 rings (SSSR count). The Kier molecular flexibility index (Phi) is 4.27. The van der Waals surface area contributed by atoms with Crippen molar-refractivity contribution in [3.05, 3.63) is 0 Å². The van der Waals surface area contributed by atoms with Crippen molar-refractivity contribution in [3.63, 3.8) is 0 Å². The maximum Gasteiger partial charge on any atom is 0.314 e. The van der Waals surface area contributed by atoms with Crippen LogP contribution in [0.25, 0.3) is 0 Å². The average Bonchev–Trinajstić information content (AvgIpc) is 2.23. The molecule has 0 bridgehead atoms. The van der Waals surface area contributed by atoms with Crippen molar-refractivity contribution in [1.82, 2.24) is 10.6 Å². The van der Waals surface area contributed by atoms with Crippen LogP contribution in [0.15, 0.2) is 0 Å². The van der Waals surface area contributed by atoms with E-state index in [1.54, 1.807) is 0 Å². The van der Waals surface area contributed by atoms with Crippen LogP contribution in [0.5, 0.6) is 0 Å². The SMILES string of the molecule is CC(=O)CC1CNC(=O)NCCCC1=O. The minimum Gasteiger partial charge on any atom is -0.338 e. The van der Waals surface area contributed by atoms with Gasteiger partial charge in [-0.3, -0.25) is 4.79 Å². The van der Waals surface area contributed by atoms with E-state index in [0.717, 1.165) is 0 Å². The third-order valence-corrected chi connectivity index (χ3v) is 2.38. The minimum absolute atomic E-state index is 0.0187. The van der Waals surface area contributed by atoms with Gasteiger partial charge < -0.3 is 15.4 Å². The Labute approximate surface area is 88.6 Å². The lowest BCUT2D eigenvalue weighted by molar-refractivity contribution is -0.127. The van der Waals surface area contributed by atoms with Gasteiger partial charge in [-0.2, -0.15) is 0 Å². The van der Waals surface area contributed by atoms with Gasteiger partial charge in [0.25, 0.3) is 0 Å². The van der Waals surface area contributed by atoms with Crippen molar-refractivity contribution in [2.24, 2.45) is 5.92 Å². The van der Waals surface area contributed by atoms with Gasteiger partial charge in [0.1, 0.15) is 11.6 Å². The molecule has 1 fully saturated rings. The van der Waals surface area contributed by atoms with Crippen LogP contribution < -0.4 is 10.6 Å². The van der Waals surface area contributed by atoms with E-state index in [4.69, 9.17) is 0 Å². The predicted octanol–water partition coefficient (Wildman–Crippen LogP) is 0.244. The molecule has 15 heavy (non-hydrogen) atoms. The Morgan fingerprint density at radius 3 is 2.80 bits per heavy atom. The van der Waals surface area contributed by atoms with Crippen LogP contribution in [-0.2, 0) is 9.59 Å². The molecule has 0 aromatic heterocycles. The largest absolute Gasteiger partial charge is 0.338 e. The number of carbonyl (C=O) groups excluding carboxylic acids is 3. The fourth-order valence-corrected chi connectivity index (χ4v) is 1.59. The van der Waals surface area contributed by atoms with Crippen molar-refractivity contribution in [2.45, 2.75) is 26.2 Å². The third kappa shape index (κ3) is 4.10. The average molecular weight is 212 g/mol. The van der Waals surface area contributed by atoms with Gasteiger partial charge in [-0.25, -0.2) is 4.79 Å². The van der Waals surface area contributed by atoms with Crippen LogP contribution >= 0.6 is 0 Å². The van der Waals surface area contributed by atoms with E-state index in [0.29, 0.717) is 19.4 Å². The van der Waals surface area contributed by atoms with Gasteiger partial charge in [-0.05, 0) is 13.3 Å². The Balaban J connectivity index is 2.59. The Morgan fingerprint density at radius 1 is 1.40 bits per heavy atom. The number of amides is 2. The number of urea groups is 1. The van der Waals surface area contributed by atoms with Crippen molar-refractivity contribution in [1.29, 1.82) is 0 Å². The number of ketones is 2. The molecule has 1 saturated heterocycles. The van der Waals surface area contributed by atoms with Crippen molar-refractivity contribution < 1.29 is 14.4 Å². The molecular formula is C10H16N2O3. The van der Waals surface area contributed by atoms with Crippen molar-refractivity contribution >= 4 is 17.6 Å². The Bertz CT molecular complexity index is 276. The summed E-state index contributed by atoms with van der Waals surface area (Å²) in [7, 11) is 0. The Hall–Kier alpha value is -1.39.